The molecule has 0 fully saturated rings. The van der Waals surface area contributed by atoms with E-state index in [9.17, 15) is 9.59 Å². The predicted octanol–water partition coefficient (Wildman–Crippen LogP) is 3.10. The summed E-state index contributed by atoms with van der Waals surface area (Å²) < 4.78 is 21.2. The van der Waals surface area contributed by atoms with Crippen molar-refractivity contribution in [1.29, 1.82) is 0 Å². The van der Waals surface area contributed by atoms with Crippen LogP contribution in [0.2, 0.25) is 0 Å². The lowest BCUT2D eigenvalue weighted by Crippen LogP contribution is -2.31. The highest BCUT2D eigenvalue weighted by molar-refractivity contribution is 5.96. The topological polar surface area (TPSA) is 113 Å². The first-order valence-corrected chi connectivity index (χ1v) is 9.50. The SMILES string of the molecule is COc1cc(OC)cc(C(=O)NCC(=O)OC(C)c2nnc(-c3cccc(C)c3)o2)c1. The molecule has 1 N–H and O–H groups in total. The molecule has 31 heavy (non-hydrogen) atoms. The van der Waals surface area contributed by atoms with Crippen molar-refractivity contribution in [2.45, 2.75) is 20.0 Å². The van der Waals surface area contributed by atoms with Crippen molar-refractivity contribution in [2.24, 2.45) is 0 Å². The number of nitrogens with one attached hydrogen (secondary N) is 1. The maximum atomic E-state index is 12.4. The lowest BCUT2D eigenvalue weighted by atomic mass is 10.1. The average Bonchev–Trinajstić information content (AvgIpc) is 3.27. The number of carbonyl (C=O) groups excluding carboxylic acids is 2. The zero-order chi connectivity index (χ0) is 22.4. The number of benzene rings is 2. The Hall–Kier alpha value is -3.88. The van der Waals surface area contributed by atoms with Gasteiger partial charge in [-0.05, 0) is 38.1 Å². The summed E-state index contributed by atoms with van der Waals surface area (Å²) >= 11 is 0. The fourth-order valence-electron chi connectivity index (χ4n) is 2.78. The first-order valence-electron chi connectivity index (χ1n) is 9.50. The third-order valence-electron chi connectivity index (χ3n) is 4.37. The zero-order valence-corrected chi connectivity index (χ0v) is 17.7. The molecule has 1 aromatic heterocycles. The molecule has 9 nitrogen and oxygen atoms in total. The van der Waals surface area contributed by atoms with Gasteiger partial charge < -0.3 is 23.9 Å². The van der Waals surface area contributed by atoms with Gasteiger partial charge in [-0.3, -0.25) is 9.59 Å². The normalized spacial score (nSPS) is 11.5. The van der Waals surface area contributed by atoms with Gasteiger partial charge in [-0.25, -0.2) is 0 Å². The molecule has 0 radical (unpaired) electrons. The minimum absolute atomic E-state index is 0.161. The van der Waals surface area contributed by atoms with E-state index in [0.29, 0.717) is 17.4 Å². The molecule has 9 heteroatoms. The van der Waals surface area contributed by atoms with Crippen LogP contribution in [0, 0.1) is 6.92 Å². The lowest BCUT2D eigenvalue weighted by molar-refractivity contribution is -0.148. The minimum atomic E-state index is -0.771. The Balaban J connectivity index is 1.57. The second-order valence-corrected chi connectivity index (χ2v) is 6.73. The maximum absolute atomic E-state index is 12.4. The van der Waals surface area contributed by atoms with Crippen molar-refractivity contribution in [3.63, 3.8) is 0 Å². The molecule has 1 amide bonds. The molecule has 0 bridgehead atoms. The Kier molecular flexibility index (Phi) is 6.86. The Labute approximate surface area is 179 Å². The van der Waals surface area contributed by atoms with Gasteiger partial charge in [0.25, 0.3) is 11.8 Å². The summed E-state index contributed by atoms with van der Waals surface area (Å²) in [5, 5.41) is 10.5. The van der Waals surface area contributed by atoms with E-state index in [4.69, 9.17) is 18.6 Å². The number of carbonyl (C=O) groups is 2. The molecule has 1 atom stereocenters. The molecule has 0 aliphatic carbocycles. The molecular weight excluding hydrogens is 402 g/mol. The van der Waals surface area contributed by atoms with Crippen LogP contribution in [0.15, 0.2) is 46.9 Å². The molecule has 0 saturated heterocycles. The van der Waals surface area contributed by atoms with Crippen LogP contribution in [0.25, 0.3) is 11.5 Å². The van der Waals surface area contributed by atoms with Gasteiger partial charge in [-0.2, -0.15) is 0 Å². The molecule has 162 valence electrons. The third kappa shape index (κ3) is 5.59. The van der Waals surface area contributed by atoms with E-state index in [1.54, 1.807) is 13.0 Å². The monoisotopic (exact) mass is 425 g/mol. The van der Waals surface area contributed by atoms with Crippen LogP contribution in [-0.4, -0.2) is 42.8 Å². The van der Waals surface area contributed by atoms with E-state index in [1.165, 1.54) is 26.4 Å². The van der Waals surface area contributed by atoms with E-state index >= 15 is 0 Å². The Morgan fingerprint density at radius 2 is 1.77 bits per heavy atom. The summed E-state index contributed by atoms with van der Waals surface area (Å²) in [6.07, 6.45) is -0.771. The van der Waals surface area contributed by atoms with Crippen LogP contribution in [0.3, 0.4) is 0 Å². The van der Waals surface area contributed by atoms with Crippen LogP contribution < -0.4 is 14.8 Å². The number of aryl methyl sites for hydroxylation is 1. The smallest absolute Gasteiger partial charge is 0.326 e. The number of ether oxygens (including phenoxy) is 3. The van der Waals surface area contributed by atoms with E-state index in [1.807, 2.05) is 31.2 Å². The lowest BCUT2D eigenvalue weighted by Gasteiger charge is -2.11. The number of amides is 1. The minimum Gasteiger partial charge on any atom is -0.497 e. The van der Waals surface area contributed by atoms with Gasteiger partial charge in [-0.1, -0.05) is 17.7 Å². The summed E-state index contributed by atoms with van der Waals surface area (Å²) in [5.74, 6) is 0.297. The molecule has 1 unspecified atom stereocenters. The number of hydrogen-bond donors (Lipinski definition) is 1. The summed E-state index contributed by atoms with van der Waals surface area (Å²) in [7, 11) is 2.97. The first kappa shape index (κ1) is 21.8. The zero-order valence-electron chi connectivity index (χ0n) is 17.7. The van der Waals surface area contributed by atoms with E-state index in [-0.39, 0.29) is 18.0 Å². The fourth-order valence-corrected chi connectivity index (χ4v) is 2.78. The molecule has 0 aliphatic rings. The van der Waals surface area contributed by atoms with Gasteiger partial charge in [0.1, 0.15) is 18.0 Å². The Morgan fingerprint density at radius 1 is 1.06 bits per heavy atom. The molecule has 1 heterocycles. The summed E-state index contributed by atoms with van der Waals surface area (Å²) in [6.45, 7) is 3.24. The quantitative estimate of drug-likeness (QED) is 0.548. The average molecular weight is 425 g/mol. The highest BCUT2D eigenvalue weighted by Crippen LogP contribution is 2.24. The van der Waals surface area contributed by atoms with Gasteiger partial charge in [0.05, 0.1) is 14.2 Å². The van der Waals surface area contributed by atoms with Crippen molar-refractivity contribution >= 4 is 11.9 Å². The van der Waals surface area contributed by atoms with Crippen molar-refractivity contribution in [1.82, 2.24) is 15.5 Å². The van der Waals surface area contributed by atoms with Gasteiger partial charge in [0, 0.05) is 17.2 Å². The van der Waals surface area contributed by atoms with Gasteiger partial charge in [0.2, 0.25) is 5.89 Å². The molecule has 3 rings (SSSR count). The van der Waals surface area contributed by atoms with Crippen molar-refractivity contribution in [3.8, 4) is 23.0 Å². The van der Waals surface area contributed by atoms with Gasteiger partial charge in [0.15, 0.2) is 6.10 Å². The Bertz CT molecular complexity index is 1060. The maximum Gasteiger partial charge on any atom is 0.326 e. The Morgan fingerprint density at radius 3 is 2.42 bits per heavy atom. The molecular formula is C22H23N3O6. The summed E-state index contributed by atoms with van der Waals surface area (Å²) in [4.78, 5) is 24.5. The number of nitrogens with zero attached hydrogens (tertiary/aromatic N) is 2. The highest BCUT2D eigenvalue weighted by Gasteiger charge is 2.20. The van der Waals surface area contributed by atoms with Crippen molar-refractivity contribution < 1.29 is 28.2 Å². The number of hydrogen-bond acceptors (Lipinski definition) is 8. The molecule has 0 spiro atoms. The second-order valence-electron chi connectivity index (χ2n) is 6.73. The number of methoxy groups -OCH3 is 2. The van der Waals surface area contributed by atoms with E-state index in [2.05, 4.69) is 15.5 Å². The van der Waals surface area contributed by atoms with Crippen molar-refractivity contribution in [2.75, 3.05) is 20.8 Å². The highest BCUT2D eigenvalue weighted by atomic mass is 16.6. The van der Waals surface area contributed by atoms with Crippen molar-refractivity contribution in [3.05, 3.63) is 59.5 Å². The number of esters is 1. The molecule has 0 saturated carbocycles. The summed E-state index contributed by atoms with van der Waals surface area (Å²) in [5.41, 5.74) is 2.12. The van der Waals surface area contributed by atoms with E-state index in [0.717, 1.165) is 11.1 Å². The second kappa shape index (κ2) is 9.75. The van der Waals surface area contributed by atoms with Crippen LogP contribution in [0.1, 0.15) is 34.8 Å². The van der Waals surface area contributed by atoms with Crippen LogP contribution in [0.5, 0.6) is 11.5 Å². The van der Waals surface area contributed by atoms with Gasteiger partial charge >= 0.3 is 5.97 Å². The standard InChI is InChI=1S/C22H23N3O6/c1-13-6-5-7-15(8-13)22-25-24-21(31-22)14(2)30-19(26)12-23-20(27)16-9-17(28-3)11-18(10-16)29-4/h5-11,14H,12H2,1-4H3,(H,23,27). The van der Waals surface area contributed by atoms with E-state index < -0.39 is 18.0 Å². The fraction of sp³-hybridized carbons (Fsp3) is 0.273. The first-order chi connectivity index (χ1) is 14.9. The van der Waals surface area contributed by atoms with Crippen LogP contribution in [-0.2, 0) is 9.53 Å². The summed E-state index contributed by atoms with van der Waals surface area (Å²) in [6, 6.07) is 12.3. The largest absolute Gasteiger partial charge is 0.497 e. The predicted molar refractivity (Wildman–Crippen MR) is 111 cm³/mol. The van der Waals surface area contributed by atoms with Crippen LogP contribution >= 0.6 is 0 Å². The molecule has 2 aromatic carbocycles. The number of aromatic nitrogens is 2. The van der Waals surface area contributed by atoms with Crippen LogP contribution in [0.4, 0.5) is 0 Å². The molecule has 3 aromatic rings. The third-order valence-corrected chi connectivity index (χ3v) is 4.37. The van der Waals surface area contributed by atoms with Gasteiger partial charge in [-0.15, -0.1) is 10.2 Å². The molecule has 0 aliphatic heterocycles. The number of rotatable bonds is 8.